The number of rotatable bonds is 9. The third-order valence-electron chi connectivity index (χ3n) is 3.73. The molecule has 0 aliphatic heterocycles. The quantitative estimate of drug-likeness (QED) is 0.484. The Labute approximate surface area is 162 Å². The van der Waals surface area contributed by atoms with Gasteiger partial charge in [0.2, 0.25) is 10.0 Å². The maximum atomic E-state index is 12.2. The van der Waals surface area contributed by atoms with E-state index >= 15 is 0 Å². The molecule has 0 saturated heterocycles. The summed E-state index contributed by atoms with van der Waals surface area (Å²) in [6.45, 7) is 0.425. The maximum absolute atomic E-state index is 12.2. The lowest BCUT2D eigenvalue weighted by molar-refractivity contribution is -0.150. The number of Topliss-reactive ketones (excluding diaryl/α,β-unsaturated/α-hetero) is 1. The van der Waals surface area contributed by atoms with E-state index in [-0.39, 0.29) is 17.2 Å². The summed E-state index contributed by atoms with van der Waals surface area (Å²) < 4.78 is 36.3. The van der Waals surface area contributed by atoms with Crippen LogP contribution in [0.25, 0.3) is 0 Å². The number of sulfonamides is 1. The van der Waals surface area contributed by atoms with Gasteiger partial charge in [-0.15, -0.1) is 0 Å². The second-order valence-corrected chi connectivity index (χ2v) is 7.66. The van der Waals surface area contributed by atoms with Gasteiger partial charge in [0.25, 0.3) is 5.91 Å². The zero-order chi connectivity index (χ0) is 20.7. The van der Waals surface area contributed by atoms with Crippen molar-refractivity contribution in [1.29, 1.82) is 0 Å². The summed E-state index contributed by atoms with van der Waals surface area (Å²) in [7, 11) is -2.44. The summed E-state index contributed by atoms with van der Waals surface area (Å²) in [6.07, 6.45) is 1.48. The van der Waals surface area contributed by atoms with Crippen molar-refractivity contribution in [1.82, 2.24) is 9.62 Å². The van der Waals surface area contributed by atoms with Crippen molar-refractivity contribution < 1.29 is 32.0 Å². The third-order valence-corrected chi connectivity index (χ3v) is 5.15. The standard InChI is InChI=1S/C18H20N2O7S/c1-13(21)14-5-7-16(8-6-14)28(24,25)19-10-18(23)27-12-17(22)20(2)11-15-4-3-9-26-15/h3-9,19H,10-12H2,1-2H3. The number of furan rings is 1. The van der Waals surface area contributed by atoms with Crippen LogP contribution in [-0.4, -0.2) is 51.2 Å². The van der Waals surface area contributed by atoms with Crippen molar-refractivity contribution in [3.63, 3.8) is 0 Å². The summed E-state index contributed by atoms with van der Waals surface area (Å²) in [5.74, 6) is -0.982. The molecule has 1 aromatic heterocycles. The second kappa shape index (κ2) is 9.29. The molecule has 0 radical (unpaired) electrons. The molecule has 1 amide bonds. The van der Waals surface area contributed by atoms with E-state index < -0.39 is 35.1 Å². The van der Waals surface area contributed by atoms with E-state index in [2.05, 4.69) is 4.72 Å². The number of carbonyl (C=O) groups excluding carboxylic acids is 3. The monoisotopic (exact) mass is 408 g/mol. The predicted molar refractivity (Wildman–Crippen MR) is 97.8 cm³/mol. The van der Waals surface area contributed by atoms with Crippen LogP contribution >= 0.6 is 0 Å². The number of amides is 1. The van der Waals surface area contributed by atoms with Crippen molar-refractivity contribution >= 4 is 27.7 Å². The second-order valence-electron chi connectivity index (χ2n) is 5.89. The minimum absolute atomic E-state index is 0.0976. The summed E-state index contributed by atoms with van der Waals surface area (Å²) in [6, 6.07) is 8.67. The highest BCUT2D eigenvalue weighted by Crippen LogP contribution is 2.11. The Bertz CT molecular complexity index is 935. The lowest BCUT2D eigenvalue weighted by atomic mass is 10.2. The van der Waals surface area contributed by atoms with Crippen LogP contribution in [0, 0.1) is 0 Å². The fourth-order valence-electron chi connectivity index (χ4n) is 2.13. The maximum Gasteiger partial charge on any atom is 0.321 e. The number of nitrogens with zero attached hydrogens (tertiary/aromatic N) is 1. The van der Waals surface area contributed by atoms with Crippen LogP contribution in [0.15, 0.2) is 52.0 Å². The number of nitrogens with one attached hydrogen (secondary N) is 1. The fraction of sp³-hybridized carbons (Fsp3) is 0.278. The van der Waals surface area contributed by atoms with Crippen molar-refractivity contribution in [2.75, 3.05) is 20.2 Å². The van der Waals surface area contributed by atoms with Crippen LogP contribution < -0.4 is 4.72 Å². The molecule has 1 N–H and O–H groups in total. The summed E-state index contributed by atoms with van der Waals surface area (Å²) in [4.78, 5) is 36.1. The van der Waals surface area contributed by atoms with Gasteiger partial charge < -0.3 is 14.1 Å². The molecule has 0 aliphatic carbocycles. The average molecular weight is 408 g/mol. The molecular formula is C18H20N2O7S. The summed E-state index contributed by atoms with van der Waals surface area (Å²) >= 11 is 0. The van der Waals surface area contributed by atoms with Crippen molar-refractivity contribution in [3.8, 4) is 0 Å². The molecule has 0 spiro atoms. The molecule has 0 bridgehead atoms. The molecule has 2 rings (SSSR count). The number of ketones is 1. The lowest BCUT2D eigenvalue weighted by Gasteiger charge is -2.15. The third kappa shape index (κ3) is 6.03. The Morgan fingerprint density at radius 3 is 2.39 bits per heavy atom. The van der Waals surface area contributed by atoms with E-state index in [0.29, 0.717) is 11.3 Å². The normalized spacial score (nSPS) is 11.1. The zero-order valence-corrected chi connectivity index (χ0v) is 16.2. The topological polar surface area (TPSA) is 123 Å². The van der Waals surface area contributed by atoms with Crippen LogP contribution in [0.3, 0.4) is 0 Å². The van der Waals surface area contributed by atoms with Gasteiger partial charge in [0, 0.05) is 12.6 Å². The van der Waals surface area contributed by atoms with E-state index in [1.54, 1.807) is 12.1 Å². The van der Waals surface area contributed by atoms with Gasteiger partial charge >= 0.3 is 5.97 Å². The SMILES string of the molecule is CC(=O)c1ccc(S(=O)(=O)NCC(=O)OCC(=O)N(C)Cc2ccco2)cc1. The molecule has 0 aliphatic rings. The van der Waals surface area contributed by atoms with Gasteiger partial charge in [-0.05, 0) is 31.2 Å². The number of carbonyl (C=O) groups is 3. The number of benzene rings is 1. The van der Waals surface area contributed by atoms with Crippen molar-refractivity contribution in [3.05, 3.63) is 54.0 Å². The summed E-state index contributed by atoms with van der Waals surface area (Å²) in [5.41, 5.74) is 0.371. The first-order valence-electron chi connectivity index (χ1n) is 8.21. The van der Waals surface area contributed by atoms with Crippen LogP contribution in [0.4, 0.5) is 0 Å². The van der Waals surface area contributed by atoms with Crippen LogP contribution in [0.5, 0.6) is 0 Å². The van der Waals surface area contributed by atoms with E-state index in [1.165, 1.54) is 49.4 Å². The van der Waals surface area contributed by atoms with Crippen LogP contribution in [0.2, 0.25) is 0 Å². The molecule has 1 heterocycles. The number of hydrogen-bond donors (Lipinski definition) is 1. The van der Waals surface area contributed by atoms with Crippen LogP contribution in [0.1, 0.15) is 23.0 Å². The Hall–Kier alpha value is -2.98. The first-order chi connectivity index (χ1) is 13.2. The van der Waals surface area contributed by atoms with Gasteiger partial charge in [-0.2, -0.15) is 4.72 Å². The molecule has 10 heteroatoms. The molecular weight excluding hydrogens is 388 g/mol. The zero-order valence-electron chi connectivity index (χ0n) is 15.4. The van der Waals surface area contributed by atoms with E-state index in [1.807, 2.05) is 0 Å². The molecule has 2 aromatic rings. The smallest absolute Gasteiger partial charge is 0.321 e. The average Bonchev–Trinajstić information content (AvgIpc) is 3.17. The summed E-state index contributed by atoms with van der Waals surface area (Å²) in [5, 5.41) is 0. The molecule has 0 atom stereocenters. The van der Waals surface area contributed by atoms with E-state index in [9.17, 15) is 22.8 Å². The van der Waals surface area contributed by atoms with Crippen LogP contribution in [-0.2, 0) is 30.9 Å². The van der Waals surface area contributed by atoms with Gasteiger partial charge in [0.15, 0.2) is 12.4 Å². The van der Waals surface area contributed by atoms with E-state index in [4.69, 9.17) is 9.15 Å². The number of esters is 1. The molecule has 0 saturated carbocycles. The fourth-order valence-corrected chi connectivity index (χ4v) is 3.10. The molecule has 0 fully saturated rings. The molecule has 150 valence electrons. The molecule has 28 heavy (non-hydrogen) atoms. The Balaban J connectivity index is 1.80. The lowest BCUT2D eigenvalue weighted by Crippen LogP contribution is -2.34. The van der Waals surface area contributed by atoms with Gasteiger partial charge in [-0.1, -0.05) is 12.1 Å². The molecule has 0 unspecified atom stereocenters. The van der Waals surface area contributed by atoms with Crippen molar-refractivity contribution in [2.24, 2.45) is 0 Å². The Kier molecular flexibility index (Phi) is 7.07. The number of likely N-dealkylation sites (N-methyl/N-ethyl adjacent to an activating group) is 1. The van der Waals surface area contributed by atoms with Crippen molar-refractivity contribution in [2.45, 2.75) is 18.4 Å². The first kappa shape index (κ1) is 21.3. The van der Waals surface area contributed by atoms with E-state index in [0.717, 1.165) is 0 Å². The minimum atomic E-state index is -3.96. The number of hydrogen-bond acceptors (Lipinski definition) is 7. The van der Waals surface area contributed by atoms with Gasteiger partial charge in [-0.3, -0.25) is 14.4 Å². The highest BCUT2D eigenvalue weighted by atomic mass is 32.2. The highest BCUT2D eigenvalue weighted by Gasteiger charge is 2.18. The van der Waals surface area contributed by atoms with Gasteiger partial charge in [0.1, 0.15) is 12.3 Å². The molecule has 1 aromatic carbocycles. The Morgan fingerprint density at radius 2 is 1.82 bits per heavy atom. The minimum Gasteiger partial charge on any atom is -0.467 e. The molecule has 9 nitrogen and oxygen atoms in total. The number of ether oxygens (including phenoxy) is 1. The predicted octanol–water partition coefficient (Wildman–Crippen LogP) is 0.962. The largest absolute Gasteiger partial charge is 0.467 e. The van der Waals surface area contributed by atoms with Gasteiger partial charge in [0.05, 0.1) is 17.7 Å². The first-order valence-corrected chi connectivity index (χ1v) is 9.70. The highest BCUT2D eigenvalue weighted by molar-refractivity contribution is 7.89. The van der Waals surface area contributed by atoms with Gasteiger partial charge in [-0.25, -0.2) is 8.42 Å². The Morgan fingerprint density at radius 1 is 1.14 bits per heavy atom.